The summed E-state index contributed by atoms with van der Waals surface area (Å²) in [7, 11) is -3.63. The molecule has 1 saturated heterocycles. The third-order valence-corrected chi connectivity index (χ3v) is 6.15. The van der Waals surface area contributed by atoms with Crippen LogP contribution in [-0.4, -0.2) is 37.6 Å². The number of nitrogens with zero attached hydrogens (tertiary/aromatic N) is 2. The Hall–Kier alpha value is -1.70. The summed E-state index contributed by atoms with van der Waals surface area (Å²) in [6.07, 6.45) is -0.264. The van der Waals surface area contributed by atoms with Crippen LogP contribution in [0.2, 0.25) is 0 Å². The second kappa shape index (κ2) is 6.07. The van der Waals surface area contributed by atoms with Crippen molar-refractivity contribution in [1.29, 1.82) is 0 Å². The van der Waals surface area contributed by atoms with Crippen molar-refractivity contribution in [2.45, 2.75) is 31.8 Å². The van der Waals surface area contributed by atoms with Gasteiger partial charge in [-0.1, -0.05) is 35.0 Å². The van der Waals surface area contributed by atoms with Gasteiger partial charge in [0.05, 0.1) is 12.7 Å². The van der Waals surface area contributed by atoms with Crippen molar-refractivity contribution < 1.29 is 17.7 Å². The molecule has 0 spiro atoms. The summed E-state index contributed by atoms with van der Waals surface area (Å²) in [5.74, 6) is 0.320. The topological polar surface area (TPSA) is 72.6 Å². The molecule has 1 fully saturated rings. The number of hydrogen-bond donors (Lipinski definition) is 0. The van der Waals surface area contributed by atoms with Crippen LogP contribution in [0.4, 0.5) is 0 Å². The molecule has 0 saturated carbocycles. The molecular weight excluding hydrogens is 316 g/mol. The summed E-state index contributed by atoms with van der Waals surface area (Å²) in [6.45, 7) is 6.25. The number of morpholine rings is 1. The number of aromatic nitrogens is 1. The predicted octanol–water partition coefficient (Wildman–Crippen LogP) is 2.36. The Morgan fingerprint density at radius 1 is 1.17 bits per heavy atom. The highest BCUT2D eigenvalue weighted by Crippen LogP contribution is 2.29. The fourth-order valence-electron chi connectivity index (χ4n) is 2.80. The van der Waals surface area contributed by atoms with Gasteiger partial charge in [-0.25, -0.2) is 8.42 Å². The van der Waals surface area contributed by atoms with Gasteiger partial charge in [-0.2, -0.15) is 4.31 Å². The molecule has 0 N–H and O–H groups in total. The van der Waals surface area contributed by atoms with Gasteiger partial charge < -0.3 is 9.26 Å². The van der Waals surface area contributed by atoms with Crippen LogP contribution < -0.4 is 0 Å². The van der Waals surface area contributed by atoms with Crippen molar-refractivity contribution in [2.75, 3.05) is 19.7 Å². The second-order valence-corrected chi connectivity index (χ2v) is 7.66. The van der Waals surface area contributed by atoms with Gasteiger partial charge in [0.1, 0.15) is 10.6 Å². The lowest BCUT2D eigenvalue weighted by Crippen LogP contribution is -2.42. The molecule has 124 valence electrons. The van der Waals surface area contributed by atoms with Crippen LogP contribution in [0.3, 0.4) is 0 Å². The van der Waals surface area contributed by atoms with E-state index in [1.54, 1.807) is 13.8 Å². The lowest BCUT2D eigenvalue weighted by atomic mass is 10.1. The number of ether oxygens (including phenoxy) is 1. The SMILES string of the molecule is Cc1ccc(C2CN(S(=O)(=O)c3c(C)noc3C)CCO2)cc1. The van der Waals surface area contributed by atoms with Gasteiger partial charge in [0.25, 0.3) is 0 Å². The molecule has 1 atom stereocenters. The summed E-state index contributed by atoms with van der Waals surface area (Å²) in [5, 5.41) is 3.75. The van der Waals surface area contributed by atoms with E-state index in [-0.39, 0.29) is 17.5 Å². The van der Waals surface area contributed by atoms with Gasteiger partial charge in [0.2, 0.25) is 10.0 Å². The fourth-order valence-corrected chi connectivity index (χ4v) is 4.51. The zero-order chi connectivity index (χ0) is 16.6. The van der Waals surface area contributed by atoms with E-state index in [1.807, 2.05) is 31.2 Å². The van der Waals surface area contributed by atoms with E-state index < -0.39 is 10.0 Å². The highest BCUT2D eigenvalue weighted by Gasteiger charge is 2.35. The van der Waals surface area contributed by atoms with Crippen molar-refractivity contribution in [3.05, 3.63) is 46.8 Å². The maximum atomic E-state index is 12.9. The number of benzene rings is 1. The van der Waals surface area contributed by atoms with E-state index in [4.69, 9.17) is 9.26 Å². The summed E-state index contributed by atoms with van der Waals surface area (Å²) >= 11 is 0. The maximum Gasteiger partial charge on any atom is 0.248 e. The first-order chi connectivity index (χ1) is 10.9. The first-order valence-corrected chi connectivity index (χ1v) is 8.95. The molecule has 1 aromatic heterocycles. The predicted molar refractivity (Wildman–Crippen MR) is 84.6 cm³/mol. The largest absolute Gasteiger partial charge is 0.371 e. The van der Waals surface area contributed by atoms with Crippen molar-refractivity contribution in [1.82, 2.24) is 9.46 Å². The minimum atomic E-state index is -3.63. The van der Waals surface area contributed by atoms with Gasteiger partial charge in [-0.3, -0.25) is 0 Å². The molecule has 2 aromatic rings. The van der Waals surface area contributed by atoms with Crippen LogP contribution in [-0.2, 0) is 14.8 Å². The Morgan fingerprint density at radius 3 is 2.48 bits per heavy atom. The van der Waals surface area contributed by atoms with E-state index in [1.165, 1.54) is 4.31 Å². The standard InChI is InChI=1S/C16H20N2O4S/c1-11-4-6-14(7-5-11)15-10-18(8-9-21-15)23(19,20)16-12(2)17-22-13(16)3/h4-7,15H,8-10H2,1-3H3. The second-order valence-electron chi connectivity index (χ2n) is 5.79. The molecule has 1 aliphatic heterocycles. The molecule has 1 aromatic carbocycles. The molecular formula is C16H20N2O4S. The summed E-state index contributed by atoms with van der Waals surface area (Å²) in [5.41, 5.74) is 2.53. The van der Waals surface area contributed by atoms with Crippen molar-refractivity contribution in [2.24, 2.45) is 0 Å². The Kier molecular flexibility index (Phi) is 4.27. The van der Waals surface area contributed by atoms with Crippen LogP contribution in [0.5, 0.6) is 0 Å². The molecule has 0 radical (unpaired) electrons. The molecule has 1 unspecified atom stereocenters. The molecule has 3 rings (SSSR count). The molecule has 0 aliphatic carbocycles. The Labute approximate surface area is 136 Å². The van der Waals surface area contributed by atoms with E-state index in [2.05, 4.69) is 5.16 Å². The third kappa shape index (κ3) is 3.04. The van der Waals surface area contributed by atoms with Crippen molar-refractivity contribution >= 4 is 10.0 Å². The van der Waals surface area contributed by atoms with E-state index >= 15 is 0 Å². The van der Waals surface area contributed by atoms with E-state index in [0.29, 0.717) is 24.6 Å². The van der Waals surface area contributed by atoms with Crippen LogP contribution in [0.1, 0.15) is 28.7 Å². The van der Waals surface area contributed by atoms with E-state index in [0.717, 1.165) is 11.1 Å². The van der Waals surface area contributed by atoms with Crippen LogP contribution in [0, 0.1) is 20.8 Å². The zero-order valence-electron chi connectivity index (χ0n) is 13.4. The zero-order valence-corrected chi connectivity index (χ0v) is 14.3. The Morgan fingerprint density at radius 2 is 1.87 bits per heavy atom. The van der Waals surface area contributed by atoms with E-state index in [9.17, 15) is 8.42 Å². The van der Waals surface area contributed by atoms with Gasteiger partial charge in [0.15, 0.2) is 5.76 Å². The minimum absolute atomic E-state index is 0.169. The molecule has 23 heavy (non-hydrogen) atoms. The number of sulfonamides is 1. The first-order valence-electron chi connectivity index (χ1n) is 7.51. The molecule has 6 nitrogen and oxygen atoms in total. The molecule has 2 heterocycles. The first kappa shape index (κ1) is 16.2. The monoisotopic (exact) mass is 336 g/mol. The maximum absolute atomic E-state index is 12.9. The lowest BCUT2D eigenvalue weighted by Gasteiger charge is -2.32. The third-order valence-electron chi connectivity index (χ3n) is 4.04. The molecule has 0 bridgehead atoms. The average Bonchev–Trinajstić information content (AvgIpc) is 2.88. The smallest absolute Gasteiger partial charge is 0.248 e. The van der Waals surface area contributed by atoms with Crippen LogP contribution >= 0.6 is 0 Å². The average molecular weight is 336 g/mol. The van der Waals surface area contributed by atoms with Gasteiger partial charge in [-0.05, 0) is 26.3 Å². The van der Waals surface area contributed by atoms with Gasteiger partial charge in [-0.15, -0.1) is 0 Å². The quantitative estimate of drug-likeness (QED) is 0.860. The Bertz CT molecular complexity index is 776. The minimum Gasteiger partial charge on any atom is -0.371 e. The van der Waals surface area contributed by atoms with Crippen LogP contribution in [0.25, 0.3) is 0 Å². The molecule has 7 heteroatoms. The highest BCUT2D eigenvalue weighted by atomic mass is 32.2. The van der Waals surface area contributed by atoms with Crippen molar-refractivity contribution in [3.8, 4) is 0 Å². The fraction of sp³-hybridized carbons (Fsp3) is 0.438. The van der Waals surface area contributed by atoms with Gasteiger partial charge in [0, 0.05) is 13.1 Å². The number of rotatable bonds is 3. The van der Waals surface area contributed by atoms with Gasteiger partial charge >= 0.3 is 0 Å². The molecule has 1 aliphatic rings. The normalized spacial score (nSPS) is 19.9. The Balaban J connectivity index is 1.87. The lowest BCUT2D eigenvalue weighted by molar-refractivity contribution is -0.00259. The van der Waals surface area contributed by atoms with Crippen molar-refractivity contribution in [3.63, 3.8) is 0 Å². The summed E-state index contributed by atoms with van der Waals surface area (Å²) in [4.78, 5) is 0.169. The van der Waals surface area contributed by atoms with Crippen LogP contribution in [0.15, 0.2) is 33.7 Å². The molecule has 0 amide bonds. The summed E-state index contributed by atoms with van der Waals surface area (Å²) < 4.78 is 38.0. The number of aryl methyl sites for hydroxylation is 3. The number of hydrogen-bond acceptors (Lipinski definition) is 5. The summed E-state index contributed by atoms with van der Waals surface area (Å²) in [6, 6.07) is 7.96. The highest BCUT2D eigenvalue weighted by molar-refractivity contribution is 7.89.